The van der Waals surface area contributed by atoms with Crippen molar-refractivity contribution < 1.29 is 9.59 Å². The van der Waals surface area contributed by atoms with Crippen LogP contribution in [0.1, 0.15) is 33.4 Å². The van der Waals surface area contributed by atoms with Gasteiger partial charge in [-0.05, 0) is 94.0 Å². The molecule has 6 heteroatoms. The van der Waals surface area contributed by atoms with E-state index >= 15 is 0 Å². The summed E-state index contributed by atoms with van der Waals surface area (Å²) in [5, 5.41) is 0.0150. The Morgan fingerprint density at radius 3 is 1.33 bits per heavy atom. The van der Waals surface area contributed by atoms with E-state index in [-0.39, 0.29) is 10.5 Å². The summed E-state index contributed by atoms with van der Waals surface area (Å²) < 4.78 is 0. The Kier molecular flexibility index (Phi) is 7.36. The molecule has 0 aromatic heterocycles. The molecule has 0 unspecified atom stereocenters. The fourth-order valence-electron chi connectivity index (χ4n) is 5.39. The topological polar surface area (TPSA) is 40.6 Å². The van der Waals surface area contributed by atoms with Gasteiger partial charge < -0.3 is 9.80 Å². The van der Waals surface area contributed by atoms with Crippen LogP contribution in [-0.4, -0.2) is 48.5 Å². The molecule has 2 amide bonds. The Balaban J connectivity index is 1.74. The maximum Gasteiger partial charge on any atom is 0.285 e. The normalized spacial score (nSPS) is 13.0. The first-order valence-electron chi connectivity index (χ1n) is 12.8. The average Bonchev–Trinajstić information content (AvgIpc) is 3.22. The molecule has 0 aliphatic heterocycles. The maximum absolute atomic E-state index is 12.5. The molecule has 4 aromatic carbocycles. The Morgan fingerprint density at radius 2 is 0.974 bits per heavy atom. The summed E-state index contributed by atoms with van der Waals surface area (Å²) in [6, 6.07) is 30.3. The highest BCUT2D eigenvalue weighted by Crippen LogP contribution is 2.56. The molecule has 39 heavy (non-hydrogen) atoms. The van der Waals surface area contributed by atoms with Crippen LogP contribution in [0.15, 0.2) is 94.7 Å². The van der Waals surface area contributed by atoms with Crippen molar-refractivity contribution in [3.05, 3.63) is 118 Å². The van der Waals surface area contributed by atoms with E-state index in [2.05, 4.69) is 98.8 Å². The minimum absolute atomic E-state index is 0.00751. The second kappa shape index (κ2) is 10.6. The van der Waals surface area contributed by atoms with E-state index in [9.17, 15) is 9.59 Å². The van der Waals surface area contributed by atoms with E-state index < -0.39 is 5.41 Å². The maximum atomic E-state index is 12.5. The van der Waals surface area contributed by atoms with E-state index in [0.29, 0.717) is 0 Å². The predicted molar refractivity (Wildman–Crippen MR) is 163 cm³/mol. The van der Waals surface area contributed by atoms with Crippen LogP contribution in [-0.2, 0) is 5.41 Å². The van der Waals surface area contributed by atoms with E-state index in [0.717, 1.165) is 32.0 Å². The van der Waals surface area contributed by atoms with Crippen molar-refractivity contribution in [3.8, 4) is 11.1 Å². The number of fused-ring (bicyclic) bond motifs is 3. The van der Waals surface area contributed by atoms with Crippen LogP contribution in [0.4, 0.5) is 9.59 Å². The highest BCUT2D eigenvalue weighted by Gasteiger charge is 2.46. The minimum atomic E-state index is -0.536. The summed E-state index contributed by atoms with van der Waals surface area (Å²) in [6.07, 6.45) is 0. The Hall–Kier alpha value is -3.48. The number of hydrogen-bond acceptors (Lipinski definition) is 4. The molecule has 0 atom stereocenters. The first kappa shape index (κ1) is 27.1. The molecule has 0 saturated carbocycles. The fraction of sp³-hybridized carbons (Fsp3) is 0.212. The lowest BCUT2D eigenvalue weighted by atomic mass is 9.67. The van der Waals surface area contributed by atoms with Crippen molar-refractivity contribution in [2.75, 3.05) is 28.2 Å². The molecule has 0 heterocycles. The minimum Gasteiger partial charge on any atom is -0.339 e. The van der Waals surface area contributed by atoms with E-state index in [1.807, 2.05) is 0 Å². The molecule has 0 bridgehead atoms. The average molecular weight is 553 g/mol. The van der Waals surface area contributed by atoms with E-state index in [4.69, 9.17) is 0 Å². The van der Waals surface area contributed by atoms with Crippen LogP contribution in [0.5, 0.6) is 0 Å². The van der Waals surface area contributed by atoms with E-state index in [1.54, 1.807) is 38.0 Å². The van der Waals surface area contributed by atoms with Crippen molar-refractivity contribution in [2.45, 2.75) is 29.1 Å². The molecule has 1 aliphatic rings. The second-order valence-corrected chi connectivity index (χ2v) is 12.3. The third kappa shape index (κ3) is 4.66. The third-order valence-electron chi connectivity index (χ3n) is 7.29. The standard InChI is InChI=1S/C33H32N2O2S2/c1-21-19-23(15-17-29(21)38-31(36)34(3)4)33(24-16-18-30(22(2)20-24)39-32(37)35(5)6)27-13-9-7-11-25(27)26-12-8-10-14-28(26)33/h7-20H,1-6H3. The van der Waals surface area contributed by atoms with Crippen LogP contribution >= 0.6 is 23.5 Å². The van der Waals surface area contributed by atoms with Gasteiger partial charge in [-0.1, -0.05) is 72.8 Å². The summed E-state index contributed by atoms with van der Waals surface area (Å²) >= 11 is 2.51. The number of thioether (sulfide) groups is 2. The van der Waals surface area contributed by atoms with Gasteiger partial charge in [-0.2, -0.15) is 0 Å². The van der Waals surface area contributed by atoms with Gasteiger partial charge in [-0.3, -0.25) is 9.59 Å². The Labute approximate surface area is 239 Å². The summed E-state index contributed by atoms with van der Waals surface area (Å²) in [4.78, 5) is 30.0. The molecule has 1 aliphatic carbocycles. The summed E-state index contributed by atoms with van der Waals surface area (Å²) in [5.41, 5.74) is 8.83. The van der Waals surface area contributed by atoms with Crippen LogP contribution in [0.3, 0.4) is 0 Å². The molecule has 5 rings (SSSR count). The fourth-order valence-corrected chi connectivity index (χ4v) is 6.84. The zero-order valence-corrected chi connectivity index (χ0v) is 24.7. The van der Waals surface area contributed by atoms with Crippen molar-refractivity contribution in [2.24, 2.45) is 0 Å². The van der Waals surface area contributed by atoms with Crippen LogP contribution in [0, 0.1) is 13.8 Å². The van der Waals surface area contributed by atoms with Gasteiger partial charge in [0.1, 0.15) is 0 Å². The third-order valence-corrected chi connectivity index (χ3v) is 9.73. The number of hydrogen-bond donors (Lipinski definition) is 0. The number of amides is 2. The first-order chi connectivity index (χ1) is 18.6. The lowest BCUT2D eigenvalue weighted by Gasteiger charge is -2.34. The molecule has 0 spiro atoms. The van der Waals surface area contributed by atoms with Crippen LogP contribution in [0.25, 0.3) is 11.1 Å². The second-order valence-electron chi connectivity index (χ2n) is 10.3. The predicted octanol–water partition coefficient (Wildman–Crippen LogP) is 8.21. The molecule has 198 valence electrons. The number of rotatable bonds is 4. The first-order valence-corrected chi connectivity index (χ1v) is 14.5. The number of aryl methyl sites for hydroxylation is 2. The quantitative estimate of drug-likeness (QED) is 0.211. The van der Waals surface area contributed by atoms with Gasteiger partial charge in [0, 0.05) is 38.0 Å². The number of carbonyl (C=O) groups excluding carboxylic acids is 2. The molecule has 4 nitrogen and oxygen atoms in total. The zero-order chi connectivity index (χ0) is 27.9. The van der Waals surface area contributed by atoms with Crippen LogP contribution in [0.2, 0.25) is 0 Å². The van der Waals surface area contributed by atoms with Gasteiger partial charge >= 0.3 is 0 Å². The number of carbonyl (C=O) groups is 2. The monoisotopic (exact) mass is 552 g/mol. The molecule has 0 saturated heterocycles. The van der Waals surface area contributed by atoms with Gasteiger partial charge in [-0.25, -0.2) is 0 Å². The van der Waals surface area contributed by atoms with Gasteiger partial charge in [0.05, 0.1) is 5.41 Å². The van der Waals surface area contributed by atoms with Crippen molar-refractivity contribution >= 4 is 34.0 Å². The number of benzene rings is 4. The van der Waals surface area contributed by atoms with Crippen molar-refractivity contribution in [1.29, 1.82) is 0 Å². The van der Waals surface area contributed by atoms with Crippen molar-refractivity contribution in [1.82, 2.24) is 9.80 Å². The van der Waals surface area contributed by atoms with E-state index in [1.165, 1.54) is 45.8 Å². The molecule has 4 aromatic rings. The molecule has 0 radical (unpaired) electrons. The Morgan fingerprint density at radius 1 is 0.590 bits per heavy atom. The molecule has 0 N–H and O–H groups in total. The van der Waals surface area contributed by atoms with Gasteiger partial charge in [0.2, 0.25) is 0 Å². The molecular weight excluding hydrogens is 521 g/mol. The van der Waals surface area contributed by atoms with Crippen LogP contribution < -0.4 is 0 Å². The van der Waals surface area contributed by atoms with Gasteiger partial charge in [0.15, 0.2) is 0 Å². The highest BCUT2D eigenvalue weighted by atomic mass is 32.2. The number of nitrogens with zero attached hydrogens (tertiary/aromatic N) is 2. The summed E-state index contributed by atoms with van der Waals surface area (Å²) in [5.74, 6) is 0. The van der Waals surface area contributed by atoms with Gasteiger partial charge in [-0.15, -0.1) is 0 Å². The smallest absolute Gasteiger partial charge is 0.285 e. The zero-order valence-electron chi connectivity index (χ0n) is 23.1. The SMILES string of the molecule is Cc1cc(C2(c3ccc(SC(=O)N(C)C)c(C)c3)c3ccccc3-c3ccccc32)ccc1SC(=O)N(C)C. The summed E-state index contributed by atoms with van der Waals surface area (Å²) in [7, 11) is 7.10. The molecular formula is C33H32N2O2S2. The Bertz CT molecular complexity index is 1470. The highest BCUT2D eigenvalue weighted by molar-refractivity contribution is 8.13. The lowest BCUT2D eigenvalue weighted by Crippen LogP contribution is -2.29. The molecule has 0 fully saturated rings. The van der Waals surface area contributed by atoms with Crippen molar-refractivity contribution in [3.63, 3.8) is 0 Å². The largest absolute Gasteiger partial charge is 0.339 e. The summed E-state index contributed by atoms with van der Waals surface area (Å²) in [6.45, 7) is 4.15. The van der Waals surface area contributed by atoms with Gasteiger partial charge in [0.25, 0.3) is 10.5 Å². The lowest BCUT2D eigenvalue weighted by molar-refractivity contribution is 0.240.